The lowest BCUT2D eigenvalue weighted by Gasteiger charge is -2.27. The first-order valence-corrected chi connectivity index (χ1v) is 7.81. The van der Waals surface area contributed by atoms with Gasteiger partial charge in [-0.2, -0.15) is 0 Å². The molecule has 0 spiro atoms. The normalized spacial score (nSPS) is 24.9. The van der Waals surface area contributed by atoms with Gasteiger partial charge in [0.2, 0.25) is 0 Å². The van der Waals surface area contributed by atoms with Crippen LogP contribution in [0.4, 0.5) is 14.9 Å². The molecule has 1 aromatic carbocycles. The van der Waals surface area contributed by atoms with Gasteiger partial charge in [-0.05, 0) is 30.9 Å². The van der Waals surface area contributed by atoms with Crippen molar-refractivity contribution in [3.05, 3.63) is 30.1 Å². The minimum atomic E-state index is -1.02. The van der Waals surface area contributed by atoms with Crippen LogP contribution in [0.3, 0.4) is 0 Å². The lowest BCUT2D eigenvalue weighted by atomic mass is 10.2. The summed E-state index contributed by atoms with van der Waals surface area (Å²) in [5.74, 6) is -0.825. The molecule has 1 aromatic rings. The third-order valence-electron chi connectivity index (χ3n) is 3.70. The zero-order chi connectivity index (χ0) is 15.0. The standard InChI is InChI=1S/C14H15FN2O3S/c15-9-3-1-2-4-10(9)16-14(20)17-11(13(18)19)7-21-12(17)8-5-6-8/h1-4,8,11-12H,5-7H2,(H,16,20)(H,18,19). The molecular weight excluding hydrogens is 295 g/mol. The molecule has 1 heterocycles. The summed E-state index contributed by atoms with van der Waals surface area (Å²) in [5.41, 5.74) is 0.0677. The summed E-state index contributed by atoms with van der Waals surface area (Å²) >= 11 is 1.49. The Kier molecular flexibility index (Phi) is 3.75. The van der Waals surface area contributed by atoms with Gasteiger partial charge in [-0.1, -0.05) is 12.1 Å². The van der Waals surface area contributed by atoms with Gasteiger partial charge < -0.3 is 10.4 Å². The van der Waals surface area contributed by atoms with Crippen molar-refractivity contribution < 1.29 is 19.1 Å². The number of anilines is 1. The predicted molar refractivity (Wildman–Crippen MR) is 77.7 cm³/mol. The third kappa shape index (κ3) is 2.83. The van der Waals surface area contributed by atoms with E-state index in [4.69, 9.17) is 0 Å². The Bertz CT molecular complexity index is 579. The molecule has 2 amide bonds. The lowest BCUT2D eigenvalue weighted by molar-refractivity contribution is -0.141. The zero-order valence-corrected chi connectivity index (χ0v) is 12.0. The van der Waals surface area contributed by atoms with Crippen molar-refractivity contribution in [3.8, 4) is 0 Å². The number of carboxylic acids is 1. The van der Waals surface area contributed by atoms with Gasteiger partial charge in [0.25, 0.3) is 0 Å². The highest BCUT2D eigenvalue weighted by molar-refractivity contribution is 8.00. The van der Waals surface area contributed by atoms with Crippen molar-refractivity contribution in [3.63, 3.8) is 0 Å². The zero-order valence-electron chi connectivity index (χ0n) is 11.2. The summed E-state index contributed by atoms with van der Waals surface area (Å²) < 4.78 is 13.6. The van der Waals surface area contributed by atoms with Crippen LogP contribution < -0.4 is 5.32 Å². The fourth-order valence-electron chi connectivity index (χ4n) is 2.46. The number of halogens is 1. The van der Waals surface area contributed by atoms with E-state index >= 15 is 0 Å². The number of urea groups is 1. The summed E-state index contributed by atoms with van der Waals surface area (Å²) in [7, 11) is 0. The summed E-state index contributed by atoms with van der Waals surface area (Å²) in [5, 5.41) is 11.6. The minimum absolute atomic E-state index is 0.0677. The van der Waals surface area contributed by atoms with Gasteiger partial charge in [0.15, 0.2) is 0 Å². The van der Waals surface area contributed by atoms with E-state index in [2.05, 4.69) is 5.32 Å². The molecule has 0 aromatic heterocycles. The molecule has 1 aliphatic carbocycles. The molecule has 3 rings (SSSR count). The molecule has 112 valence electrons. The largest absolute Gasteiger partial charge is 0.480 e. The summed E-state index contributed by atoms with van der Waals surface area (Å²) in [6.45, 7) is 0. The van der Waals surface area contributed by atoms with Crippen molar-refractivity contribution in [2.24, 2.45) is 5.92 Å². The monoisotopic (exact) mass is 310 g/mol. The van der Waals surface area contributed by atoms with Crippen molar-refractivity contribution >= 4 is 29.4 Å². The first-order chi connectivity index (χ1) is 10.1. The van der Waals surface area contributed by atoms with Crippen LogP contribution in [0.25, 0.3) is 0 Å². The van der Waals surface area contributed by atoms with Gasteiger partial charge in [0.05, 0.1) is 11.1 Å². The highest BCUT2D eigenvalue weighted by Crippen LogP contribution is 2.45. The van der Waals surface area contributed by atoms with E-state index in [1.807, 2.05) is 0 Å². The van der Waals surface area contributed by atoms with Crippen LogP contribution in [-0.2, 0) is 4.79 Å². The Balaban J connectivity index is 1.79. The molecule has 2 unspecified atom stereocenters. The third-order valence-corrected chi connectivity index (χ3v) is 5.16. The van der Waals surface area contributed by atoms with Crippen LogP contribution in [-0.4, -0.2) is 39.2 Å². The topological polar surface area (TPSA) is 69.6 Å². The predicted octanol–water partition coefficient (Wildman–Crippen LogP) is 2.60. The van der Waals surface area contributed by atoms with E-state index in [-0.39, 0.29) is 11.1 Å². The number of carboxylic acid groups (broad SMARTS) is 1. The van der Waals surface area contributed by atoms with Crippen LogP contribution >= 0.6 is 11.8 Å². The van der Waals surface area contributed by atoms with Gasteiger partial charge in [-0.15, -0.1) is 11.8 Å². The molecule has 21 heavy (non-hydrogen) atoms. The van der Waals surface area contributed by atoms with Crippen molar-refractivity contribution in [2.45, 2.75) is 24.3 Å². The minimum Gasteiger partial charge on any atom is -0.480 e. The van der Waals surface area contributed by atoms with Crippen molar-refractivity contribution in [1.82, 2.24) is 4.90 Å². The second kappa shape index (κ2) is 5.55. The molecule has 1 aliphatic heterocycles. The molecule has 2 aliphatic rings. The molecule has 0 bridgehead atoms. The Hall–Kier alpha value is -1.76. The Morgan fingerprint density at radius 1 is 1.33 bits per heavy atom. The fourth-order valence-corrected chi connectivity index (χ4v) is 4.09. The van der Waals surface area contributed by atoms with Gasteiger partial charge in [-0.3, -0.25) is 4.90 Å². The maximum absolute atomic E-state index is 13.6. The maximum atomic E-state index is 13.6. The molecule has 2 N–H and O–H groups in total. The Labute approximate surface area is 125 Å². The van der Waals surface area contributed by atoms with E-state index < -0.39 is 23.9 Å². The number of carbonyl (C=O) groups excluding carboxylic acids is 1. The quantitative estimate of drug-likeness (QED) is 0.900. The molecule has 2 atom stereocenters. The van der Waals surface area contributed by atoms with E-state index in [1.165, 1.54) is 34.9 Å². The molecule has 1 saturated heterocycles. The van der Waals surface area contributed by atoms with Crippen LogP contribution in [0, 0.1) is 11.7 Å². The molecule has 2 fully saturated rings. The Morgan fingerprint density at radius 3 is 2.67 bits per heavy atom. The number of amides is 2. The number of hydrogen-bond donors (Lipinski definition) is 2. The molecule has 1 saturated carbocycles. The summed E-state index contributed by atoms with van der Waals surface area (Å²) in [4.78, 5) is 25.1. The average molecular weight is 310 g/mol. The number of thioether (sulfide) groups is 1. The van der Waals surface area contributed by atoms with E-state index in [1.54, 1.807) is 6.07 Å². The summed E-state index contributed by atoms with van der Waals surface area (Å²) in [6.07, 6.45) is 2.01. The maximum Gasteiger partial charge on any atom is 0.327 e. The number of carbonyl (C=O) groups is 2. The number of nitrogens with one attached hydrogen (secondary N) is 1. The van der Waals surface area contributed by atoms with Crippen LogP contribution in [0.15, 0.2) is 24.3 Å². The van der Waals surface area contributed by atoms with Crippen LogP contribution in [0.1, 0.15) is 12.8 Å². The molecular formula is C14H15FN2O3S. The average Bonchev–Trinajstić information content (AvgIpc) is 3.19. The number of hydrogen-bond acceptors (Lipinski definition) is 3. The van der Waals surface area contributed by atoms with Gasteiger partial charge >= 0.3 is 12.0 Å². The number of benzene rings is 1. The Morgan fingerprint density at radius 2 is 2.05 bits per heavy atom. The number of nitrogens with zero attached hydrogens (tertiary/aromatic N) is 1. The number of aliphatic carboxylic acids is 1. The lowest BCUT2D eigenvalue weighted by Crippen LogP contribution is -2.48. The highest BCUT2D eigenvalue weighted by Gasteiger charge is 2.48. The van der Waals surface area contributed by atoms with E-state index in [0.717, 1.165) is 12.8 Å². The van der Waals surface area contributed by atoms with Gasteiger partial charge in [0.1, 0.15) is 11.9 Å². The SMILES string of the molecule is O=C(O)C1CSC(C2CC2)N1C(=O)Nc1ccccc1F. The second-order valence-electron chi connectivity index (χ2n) is 5.23. The van der Waals surface area contributed by atoms with E-state index in [9.17, 15) is 19.1 Å². The van der Waals surface area contributed by atoms with Gasteiger partial charge in [0, 0.05) is 5.75 Å². The first kappa shape index (κ1) is 14.2. The molecule has 7 heteroatoms. The second-order valence-corrected chi connectivity index (χ2v) is 6.38. The molecule has 0 radical (unpaired) electrons. The van der Waals surface area contributed by atoms with Crippen molar-refractivity contribution in [1.29, 1.82) is 0 Å². The first-order valence-electron chi connectivity index (χ1n) is 6.76. The highest BCUT2D eigenvalue weighted by atomic mass is 32.2. The van der Waals surface area contributed by atoms with E-state index in [0.29, 0.717) is 11.7 Å². The van der Waals surface area contributed by atoms with Crippen molar-refractivity contribution in [2.75, 3.05) is 11.1 Å². The van der Waals surface area contributed by atoms with Crippen LogP contribution in [0.5, 0.6) is 0 Å². The summed E-state index contributed by atoms with van der Waals surface area (Å²) in [6, 6.07) is 4.45. The van der Waals surface area contributed by atoms with Crippen LogP contribution in [0.2, 0.25) is 0 Å². The fraction of sp³-hybridized carbons (Fsp3) is 0.429. The smallest absolute Gasteiger partial charge is 0.327 e. The number of rotatable bonds is 3. The van der Waals surface area contributed by atoms with Gasteiger partial charge in [-0.25, -0.2) is 14.0 Å². The number of para-hydroxylation sites is 1. The molecule has 5 nitrogen and oxygen atoms in total.